The largest absolute Gasteiger partial charge is 0.489 e. The highest BCUT2D eigenvalue weighted by molar-refractivity contribution is 6.09. The summed E-state index contributed by atoms with van der Waals surface area (Å²) in [4.78, 5) is 66.7. The van der Waals surface area contributed by atoms with Crippen LogP contribution in [-0.2, 0) is 28.0 Å². The van der Waals surface area contributed by atoms with E-state index in [2.05, 4.69) is 51.2 Å². The third-order valence-corrected chi connectivity index (χ3v) is 10.4. The molecular weight excluding hydrogens is 890 g/mol. The van der Waals surface area contributed by atoms with E-state index in [1.165, 1.54) is 32.0 Å². The number of ketones is 2. The van der Waals surface area contributed by atoms with E-state index in [0.29, 0.717) is 36.7 Å². The van der Waals surface area contributed by atoms with Crippen molar-refractivity contribution in [3.63, 3.8) is 0 Å². The Morgan fingerprint density at radius 2 is 1.51 bits per heavy atom. The number of nitrogens with one attached hydrogen (secondary N) is 4. The Bertz CT molecular complexity index is 2290. The number of amides is 3. The van der Waals surface area contributed by atoms with Crippen molar-refractivity contribution < 1.29 is 37.8 Å². The van der Waals surface area contributed by atoms with Gasteiger partial charge in [0, 0.05) is 60.8 Å². The minimum Gasteiger partial charge on any atom is -0.489 e. The number of Topliss-reactive ketones (excluding diaryl/α,β-unsaturated/α-hetero) is 2. The minimum absolute atomic E-state index is 0.00171. The lowest BCUT2D eigenvalue weighted by molar-refractivity contribution is -0.124. The molecule has 3 aromatic carbocycles. The maximum absolute atomic E-state index is 15.8. The number of benzene rings is 3. The molecule has 0 saturated carbocycles. The van der Waals surface area contributed by atoms with E-state index in [9.17, 15) is 29.2 Å². The van der Waals surface area contributed by atoms with Crippen LogP contribution in [0.1, 0.15) is 165 Å². The summed E-state index contributed by atoms with van der Waals surface area (Å²) in [5.41, 5.74) is 1.99. The van der Waals surface area contributed by atoms with Crippen LogP contribution in [0.3, 0.4) is 0 Å². The van der Waals surface area contributed by atoms with Crippen LogP contribution in [0.2, 0.25) is 0 Å². The number of anilines is 2. The number of alkyl halides is 1. The topological polar surface area (TPSA) is 201 Å². The fourth-order valence-corrected chi connectivity index (χ4v) is 6.50. The van der Waals surface area contributed by atoms with Gasteiger partial charge in [0.15, 0.2) is 17.2 Å². The van der Waals surface area contributed by atoms with Crippen LogP contribution in [-0.4, -0.2) is 72.7 Å². The van der Waals surface area contributed by atoms with Crippen molar-refractivity contribution in [3.8, 4) is 17.6 Å². The van der Waals surface area contributed by atoms with Crippen LogP contribution in [0.5, 0.6) is 11.5 Å². The van der Waals surface area contributed by atoms with Crippen molar-refractivity contribution in [2.75, 3.05) is 37.9 Å². The first-order valence-corrected chi connectivity index (χ1v) is 24.3. The standard InChI is InChI=1S/C42H49FN6O5.C7H13NO2.3C2H6/c1-9-10-28-19-31(41(5,6)30-11-14-34(15-12-30)53-23-33-17-18-46-39(45-8)48-33)20-29(22-44)38(28)54-25-42(7,43)24-47-40(52)49-32-13-16-35(37(51)26(2)3)36(21-32)27(4)50;1-6(4-3-5-9)7(10)8-2;3*1-2/h11-21,26H,9-10,23-25H2,1-8H3,(H,45,46,48)(H2,47,49,52);5-6H,3-4H2,1-2H3,(H,8,10);3*1-2H3. The number of aromatic nitrogens is 2. The molecule has 14 nitrogen and oxygen atoms in total. The van der Waals surface area contributed by atoms with Gasteiger partial charge in [-0.15, -0.1) is 0 Å². The molecule has 0 aliphatic rings. The molecule has 1 heterocycles. The summed E-state index contributed by atoms with van der Waals surface area (Å²) in [7, 11) is 3.35. The number of carbonyl (C=O) groups is 5. The molecule has 2 atom stereocenters. The summed E-state index contributed by atoms with van der Waals surface area (Å²) in [6.45, 7) is 25.6. The van der Waals surface area contributed by atoms with Gasteiger partial charge in [-0.05, 0) is 85.8 Å². The first-order valence-electron chi connectivity index (χ1n) is 24.3. The molecule has 2 unspecified atom stereocenters. The van der Waals surface area contributed by atoms with Gasteiger partial charge in [0.2, 0.25) is 11.9 Å². The van der Waals surface area contributed by atoms with Crippen molar-refractivity contribution in [1.29, 1.82) is 5.26 Å². The van der Waals surface area contributed by atoms with E-state index in [1.807, 2.05) is 85.7 Å². The average Bonchev–Trinajstić information content (AvgIpc) is 3.37. The highest BCUT2D eigenvalue weighted by Crippen LogP contribution is 2.38. The average molecular weight is 970 g/mol. The van der Waals surface area contributed by atoms with E-state index in [4.69, 9.17) is 9.47 Å². The Balaban J connectivity index is 0.00000259. The first-order chi connectivity index (χ1) is 33.3. The maximum Gasteiger partial charge on any atom is 0.319 e. The van der Waals surface area contributed by atoms with E-state index >= 15 is 4.39 Å². The van der Waals surface area contributed by atoms with Crippen molar-refractivity contribution in [3.05, 3.63) is 106 Å². The number of hydrogen-bond donors (Lipinski definition) is 4. The van der Waals surface area contributed by atoms with Gasteiger partial charge in [-0.25, -0.2) is 19.2 Å². The second-order valence-corrected chi connectivity index (χ2v) is 16.5. The van der Waals surface area contributed by atoms with Crippen LogP contribution in [0.25, 0.3) is 0 Å². The SMILES string of the molecule is CC.CC.CC.CCCc1cc(C(C)(C)c2ccc(OCc3ccnc(NC)n3)cc2)cc(C#N)c1OCC(C)(F)CNC(=O)Nc1ccc(C(=O)C(C)C)c(C(C)=O)c1.CNC(=O)C(C)CCC=O. The number of rotatable bonds is 21. The molecule has 15 heteroatoms. The van der Waals surface area contributed by atoms with E-state index in [1.54, 1.807) is 46.3 Å². The van der Waals surface area contributed by atoms with Crippen LogP contribution in [0.4, 0.5) is 20.8 Å². The molecule has 1 aromatic heterocycles. The molecule has 0 saturated heterocycles. The number of aryl methyl sites for hydroxylation is 1. The third-order valence-electron chi connectivity index (χ3n) is 10.4. The Kier molecular flexibility index (Phi) is 29.8. The second-order valence-electron chi connectivity index (χ2n) is 16.5. The summed E-state index contributed by atoms with van der Waals surface area (Å²) >= 11 is 0. The molecule has 0 aliphatic heterocycles. The molecule has 4 aromatic rings. The third kappa shape index (κ3) is 20.5. The van der Waals surface area contributed by atoms with Gasteiger partial charge < -0.3 is 35.5 Å². The zero-order chi connectivity index (χ0) is 53.6. The van der Waals surface area contributed by atoms with Gasteiger partial charge in [0.25, 0.3) is 0 Å². The smallest absolute Gasteiger partial charge is 0.319 e. The number of carbonyl (C=O) groups excluding carboxylic acids is 5. The van der Waals surface area contributed by atoms with Crippen LogP contribution in [0.15, 0.2) is 66.9 Å². The predicted octanol–water partition coefficient (Wildman–Crippen LogP) is 11.6. The normalized spacial score (nSPS) is 11.5. The predicted molar refractivity (Wildman–Crippen MR) is 280 cm³/mol. The van der Waals surface area contributed by atoms with Crippen molar-refractivity contribution in [2.24, 2.45) is 11.8 Å². The van der Waals surface area contributed by atoms with E-state index in [-0.39, 0.29) is 58.3 Å². The molecule has 4 N–H and O–H groups in total. The molecule has 384 valence electrons. The zero-order valence-corrected chi connectivity index (χ0v) is 44.6. The molecule has 0 radical (unpaired) electrons. The monoisotopic (exact) mass is 970 g/mol. The molecule has 0 bridgehead atoms. The molecular formula is C55H80FN7O7. The number of hydrogen-bond acceptors (Lipinski definition) is 11. The Labute approximate surface area is 417 Å². The number of aldehydes is 1. The summed E-state index contributed by atoms with van der Waals surface area (Å²) in [5.74, 6) is 0.677. The molecule has 0 spiro atoms. The van der Waals surface area contributed by atoms with Gasteiger partial charge >= 0.3 is 6.03 Å². The lowest BCUT2D eigenvalue weighted by Crippen LogP contribution is -2.43. The number of urea groups is 1. The second kappa shape index (κ2) is 33.0. The summed E-state index contributed by atoms with van der Waals surface area (Å²) in [6.07, 6.45) is 4.99. The van der Waals surface area contributed by atoms with Gasteiger partial charge in [0.1, 0.15) is 37.1 Å². The number of nitrogens with zero attached hydrogens (tertiary/aromatic N) is 3. The number of ether oxygens (including phenoxy) is 2. The lowest BCUT2D eigenvalue weighted by Gasteiger charge is -2.29. The summed E-state index contributed by atoms with van der Waals surface area (Å²) in [6, 6.07) is 19.4. The molecule has 4 rings (SSSR count). The summed E-state index contributed by atoms with van der Waals surface area (Å²) < 4.78 is 27.7. The lowest BCUT2D eigenvalue weighted by atomic mass is 9.76. The Morgan fingerprint density at radius 1 is 0.871 bits per heavy atom. The van der Waals surface area contributed by atoms with Gasteiger partial charge in [-0.2, -0.15) is 5.26 Å². The van der Waals surface area contributed by atoms with Crippen LogP contribution in [0, 0.1) is 23.2 Å². The molecule has 70 heavy (non-hydrogen) atoms. The van der Waals surface area contributed by atoms with Crippen LogP contribution < -0.4 is 30.7 Å². The van der Waals surface area contributed by atoms with E-state index in [0.717, 1.165) is 35.1 Å². The fraction of sp³-hybridized carbons (Fsp3) is 0.491. The van der Waals surface area contributed by atoms with Crippen molar-refractivity contribution in [1.82, 2.24) is 20.6 Å². The van der Waals surface area contributed by atoms with Crippen molar-refractivity contribution in [2.45, 2.75) is 140 Å². The molecule has 0 fully saturated rings. The number of halogens is 1. The Morgan fingerprint density at radius 3 is 2.06 bits per heavy atom. The zero-order valence-electron chi connectivity index (χ0n) is 44.6. The van der Waals surface area contributed by atoms with Gasteiger partial charge in [0.05, 0.1) is 17.8 Å². The molecule has 3 amide bonds. The van der Waals surface area contributed by atoms with Gasteiger partial charge in [-0.1, -0.05) is 108 Å². The maximum atomic E-state index is 15.8. The first kappa shape index (κ1) is 63.3. The highest BCUT2D eigenvalue weighted by Gasteiger charge is 2.29. The molecule has 0 aliphatic carbocycles. The number of nitriles is 1. The van der Waals surface area contributed by atoms with Crippen LogP contribution >= 0.6 is 0 Å². The van der Waals surface area contributed by atoms with Crippen molar-refractivity contribution >= 4 is 41.4 Å². The fourth-order valence-electron chi connectivity index (χ4n) is 6.50. The minimum atomic E-state index is -2.00. The van der Waals surface area contributed by atoms with Gasteiger partial charge in [-0.3, -0.25) is 14.4 Å². The summed E-state index contributed by atoms with van der Waals surface area (Å²) in [5, 5.41) is 20.8. The quantitative estimate of drug-likeness (QED) is 0.0457. The Hall–Kier alpha value is -6.69. The van der Waals surface area contributed by atoms with E-state index < -0.39 is 30.3 Å². The highest BCUT2D eigenvalue weighted by atomic mass is 19.1.